The first-order valence-corrected chi connectivity index (χ1v) is 9.28. The van der Waals surface area contributed by atoms with Gasteiger partial charge in [0.15, 0.2) is 0 Å². The molecule has 158 valence electrons. The van der Waals surface area contributed by atoms with E-state index in [2.05, 4.69) is 10.3 Å². The molecule has 0 aliphatic carbocycles. The molecule has 0 bridgehead atoms. The smallest absolute Gasteiger partial charge is 0.406 e. The molecular weight excluding hydrogens is 411 g/mol. The molecule has 1 amide bonds. The van der Waals surface area contributed by atoms with Gasteiger partial charge >= 0.3 is 12.1 Å². The predicted molar refractivity (Wildman–Crippen MR) is 100 cm³/mol. The maximum atomic E-state index is 12.6. The molecular formula is C19H21ClF3N3O3. The second-order valence-electron chi connectivity index (χ2n) is 6.54. The van der Waals surface area contributed by atoms with Crippen LogP contribution in [0.4, 0.5) is 13.2 Å². The summed E-state index contributed by atoms with van der Waals surface area (Å²) in [4.78, 5) is 28.8. The molecule has 1 aromatic heterocycles. The van der Waals surface area contributed by atoms with Crippen LogP contribution in [-0.2, 0) is 22.7 Å². The molecule has 1 heterocycles. The van der Waals surface area contributed by atoms with E-state index in [1.165, 1.54) is 18.3 Å². The normalized spacial score (nSPS) is 13.6. The van der Waals surface area contributed by atoms with Crippen molar-refractivity contribution in [2.45, 2.75) is 45.6 Å². The Kier molecular flexibility index (Phi) is 7.66. The molecule has 10 heteroatoms. The first kappa shape index (κ1) is 22.7. The molecule has 0 aliphatic heterocycles. The summed E-state index contributed by atoms with van der Waals surface area (Å²) in [6.07, 6.45) is -1.50. The zero-order valence-corrected chi connectivity index (χ0v) is 16.6. The Morgan fingerprint density at radius 2 is 1.93 bits per heavy atom. The van der Waals surface area contributed by atoms with Crippen LogP contribution in [-0.4, -0.2) is 33.6 Å². The maximum absolute atomic E-state index is 12.6. The summed E-state index contributed by atoms with van der Waals surface area (Å²) in [5.41, 5.74) is 0.316. The lowest BCUT2D eigenvalue weighted by molar-refractivity contribution is -0.149. The fourth-order valence-electron chi connectivity index (χ4n) is 2.54. The molecule has 0 spiro atoms. The number of aromatic nitrogens is 2. The topological polar surface area (TPSA) is 73.2 Å². The zero-order valence-electron chi connectivity index (χ0n) is 15.9. The van der Waals surface area contributed by atoms with Crippen molar-refractivity contribution in [3.8, 4) is 0 Å². The summed E-state index contributed by atoms with van der Waals surface area (Å²) < 4.78 is 43.8. The van der Waals surface area contributed by atoms with E-state index in [1.54, 1.807) is 19.1 Å². The Morgan fingerprint density at radius 1 is 1.28 bits per heavy atom. The van der Waals surface area contributed by atoms with Gasteiger partial charge in [-0.2, -0.15) is 13.2 Å². The number of alkyl halides is 3. The van der Waals surface area contributed by atoms with Crippen molar-refractivity contribution in [1.29, 1.82) is 0 Å². The maximum Gasteiger partial charge on any atom is 0.406 e. The van der Waals surface area contributed by atoms with E-state index < -0.39 is 37.2 Å². The van der Waals surface area contributed by atoms with Gasteiger partial charge in [0, 0.05) is 23.0 Å². The van der Waals surface area contributed by atoms with Crippen LogP contribution in [0.5, 0.6) is 0 Å². The minimum absolute atomic E-state index is 0.0393. The van der Waals surface area contributed by atoms with Crippen molar-refractivity contribution in [3.63, 3.8) is 0 Å². The van der Waals surface area contributed by atoms with E-state index in [1.807, 2.05) is 6.92 Å². The van der Waals surface area contributed by atoms with Gasteiger partial charge in [-0.3, -0.25) is 4.79 Å². The number of carbonyl (C=O) groups is 2. The van der Waals surface area contributed by atoms with Gasteiger partial charge in [0.1, 0.15) is 25.0 Å². The Labute approximate surface area is 171 Å². The molecule has 1 N–H and O–H groups in total. The van der Waals surface area contributed by atoms with Crippen LogP contribution in [0.15, 0.2) is 36.7 Å². The van der Waals surface area contributed by atoms with Gasteiger partial charge in [-0.1, -0.05) is 31.9 Å². The lowest BCUT2D eigenvalue weighted by Crippen LogP contribution is -2.46. The number of nitrogens with zero attached hydrogens (tertiary/aromatic N) is 2. The van der Waals surface area contributed by atoms with Crippen molar-refractivity contribution in [1.82, 2.24) is 14.9 Å². The number of carbonyl (C=O) groups excluding carboxylic acids is 2. The molecule has 1 aromatic carbocycles. The van der Waals surface area contributed by atoms with Gasteiger partial charge in [-0.15, -0.1) is 0 Å². The molecule has 0 saturated carbocycles. The zero-order chi connectivity index (χ0) is 21.6. The van der Waals surface area contributed by atoms with Gasteiger partial charge in [0.2, 0.25) is 0 Å². The summed E-state index contributed by atoms with van der Waals surface area (Å²) in [5.74, 6) is -1.53. The van der Waals surface area contributed by atoms with Crippen LogP contribution >= 0.6 is 11.6 Å². The summed E-state index contributed by atoms with van der Waals surface area (Å²) in [7, 11) is 0. The molecule has 2 aromatic rings. The largest absolute Gasteiger partial charge is 0.456 e. The van der Waals surface area contributed by atoms with Gasteiger partial charge in [0.05, 0.1) is 0 Å². The number of benzene rings is 1. The Morgan fingerprint density at radius 3 is 2.52 bits per heavy atom. The third-order valence-corrected chi connectivity index (χ3v) is 4.61. The molecule has 0 fully saturated rings. The lowest BCUT2D eigenvalue weighted by Gasteiger charge is -2.23. The molecule has 29 heavy (non-hydrogen) atoms. The molecule has 0 aliphatic rings. The number of amides is 1. The standard InChI is InChI=1S/C19H21ClF3N3O3/c1-3-12(2)16(25-17(27)13-4-6-14(20)7-5-13)18(28)29-10-15-24-8-9-26(15)11-19(21,22)23/h4-9,12,16H,3,10-11H2,1-2H3,(H,25,27)/t12-,16-/m1/s1. The molecule has 0 radical (unpaired) electrons. The summed E-state index contributed by atoms with van der Waals surface area (Å²) in [5, 5.41) is 3.09. The number of rotatable bonds is 8. The number of hydrogen-bond donors (Lipinski definition) is 1. The van der Waals surface area contributed by atoms with Gasteiger partial charge in [-0.05, 0) is 30.2 Å². The fourth-order valence-corrected chi connectivity index (χ4v) is 2.66. The Hall–Kier alpha value is -2.55. The summed E-state index contributed by atoms with van der Waals surface area (Å²) >= 11 is 5.80. The minimum Gasteiger partial charge on any atom is -0.456 e. The average Bonchev–Trinajstić information content (AvgIpc) is 3.09. The number of halogens is 4. The Bertz CT molecular complexity index is 837. The van der Waals surface area contributed by atoms with Gasteiger partial charge < -0.3 is 14.6 Å². The quantitative estimate of drug-likeness (QED) is 0.641. The van der Waals surface area contributed by atoms with Crippen molar-refractivity contribution in [3.05, 3.63) is 53.1 Å². The van der Waals surface area contributed by atoms with E-state index >= 15 is 0 Å². The second-order valence-corrected chi connectivity index (χ2v) is 6.97. The van der Waals surface area contributed by atoms with Crippen molar-refractivity contribution < 1.29 is 27.5 Å². The van der Waals surface area contributed by atoms with Gasteiger partial charge in [-0.25, -0.2) is 9.78 Å². The first-order valence-electron chi connectivity index (χ1n) is 8.90. The highest BCUT2D eigenvalue weighted by molar-refractivity contribution is 6.30. The van der Waals surface area contributed by atoms with Crippen LogP contribution in [0.2, 0.25) is 5.02 Å². The predicted octanol–water partition coefficient (Wildman–Crippen LogP) is 3.99. The Balaban J connectivity index is 2.05. The number of ether oxygens (including phenoxy) is 1. The second kappa shape index (κ2) is 9.78. The fraction of sp³-hybridized carbons (Fsp3) is 0.421. The lowest BCUT2D eigenvalue weighted by atomic mass is 9.99. The third kappa shape index (κ3) is 6.77. The van der Waals surface area contributed by atoms with Crippen molar-refractivity contribution >= 4 is 23.5 Å². The number of imidazole rings is 1. The van der Waals surface area contributed by atoms with E-state index in [0.29, 0.717) is 17.0 Å². The summed E-state index contributed by atoms with van der Waals surface area (Å²) in [6.45, 7) is 1.93. The monoisotopic (exact) mass is 431 g/mol. The third-order valence-electron chi connectivity index (χ3n) is 4.35. The molecule has 0 saturated heterocycles. The molecule has 2 rings (SSSR count). The van der Waals surface area contributed by atoms with Crippen molar-refractivity contribution in [2.24, 2.45) is 5.92 Å². The highest BCUT2D eigenvalue weighted by Crippen LogP contribution is 2.19. The van der Waals surface area contributed by atoms with E-state index in [9.17, 15) is 22.8 Å². The van der Waals surface area contributed by atoms with Crippen LogP contribution in [0.25, 0.3) is 0 Å². The first-order chi connectivity index (χ1) is 13.6. The van der Waals surface area contributed by atoms with Gasteiger partial charge in [0.25, 0.3) is 5.91 Å². The molecule has 2 atom stereocenters. The van der Waals surface area contributed by atoms with Crippen molar-refractivity contribution in [2.75, 3.05) is 0 Å². The minimum atomic E-state index is -4.43. The van der Waals surface area contributed by atoms with Crippen LogP contribution in [0, 0.1) is 5.92 Å². The average molecular weight is 432 g/mol. The highest BCUT2D eigenvalue weighted by Gasteiger charge is 2.30. The highest BCUT2D eigenvalue weighted by atomic mass is 35.5. The van der Waals surface area contributed by atoms with E-state index in [0.717, 1.165) is 10.8 Å². The molecule has 6 nitrogen and oxygen atoms in total. The van der Waals surface area contributed by atoms with E-state index in [-0.39, 0.29) is 11.7 Å². The van der Waals surface area contributed by atoms with E-state index in [4.69, 9.17) is 16.3 Å². The molecule has 0 unspecified atom stereocenters. The van der Waals surface area contributed by atoms with Crippen LogP contribution < -0.4 is 5.32 Å². The van der Waals surface area contributed by atoms with Crippen LogP contribution in [0.1, 0.15) is 36.5 Å². The summed E-state index contributed by atoms with van der Waals surface area (Å²) in [6, 6.07) is 5.17. The SMILES string of the molecule is CC[C@@H](C)[C@@H](NC(=O)c1ccc(Cl)cc1)C(=O)OCc1nccn1CC(F)(F)F. The number of nitrogens with one attached hydrogen (secondary N) is 1. The van der Waals surface area contributed by atoms with Crippen LogP contribution in [0.3, 0.4) is 0 Å². The number of hydrogen-bond acceptors (Lipinski definition) is 4. The number of esters is 1.